The van der Waals surface area contributed by atoms with Crippen LogP contribution in [0.5, 0.6) is 0 Å². The molecule has 0 radical (unpaired) electrons. The Morgan fingerprint density at radius 3 is 0.750 bits per heavy atom. The van der Waals surface area contributed by atoms with Crippen LogP contribution in [0.1, 0.15) is 68.2 Å². The third kappa shape index (κ3) is 4.09. The molecule has 8 nitrogen and oxygen atoms in total. The molecule has 0 atom stereocenters. The molecule has 6 aliphatic rings. The zero-order chi connectivity index (χ0) is 34.2. The van der Waals surface area contributed by atoms with E-state index in [0.29, 0.717) is 0 Å². The number of rotatable bonds is 4. The maximum absolute atomic E-state index is 5.11. The number of pyridine rings is 8. The zero-order valence-corrected chi connectivity index (χ0v) is 27.7. The van der Waals surface area contributed by atoms with Crippen molar-refractivity contribution < 1.29 is 0 Å². The van der Waals surface area contributed by atoms with Gasteiger partial charge in [-0.2, -0.15) is 0 Å². The van der Waals surface area contributed by atoms with Gasteiger partial charge in [-0.05, 0) is 117 Å². The van der Waals surface area contributed by atoms with Crippen LogP contribution in [0.25, 0.3) is 45.6 Å². The van der Waals surface area contributed by atoms with Crippen LogP contribution in [0.4, 0.5) is 0 Å². The van der Waals surface area contributed by atoms with Crippen LogP contribution >= 0.6 is 0 Å². The van der Waals surface area contributed by atoms with Crippen LogP contribution in [0.15, 0.2) is 147 Å². The Morgan fingerprint density at radius 2 is 0.519 bits per heavy atom. The van der Waals surface area contributed by atoms with Crippen LogP contribution in [-0.2, 0) is 0 Å². The van der Waals surface area contributed by atoms with E-state index in [2.05, 4.69) is 48.5 Å². The molecule has 8 aromatic rings. The van der Waals surface area contributed by atoms with E-state index in [1.54, 1.807) is 0 Å². The molecule has 0 amide bonds. The molecule has 8 aromatic heterocycles. The third-order valence-electron chi connectivity index (χ3n) is 11.0. The summed E-state index contributed by atoms with van der Waals surface area (Å²) < 4.78 is 0. The standard InChI is InChI=1S/C44H28N8/c1-5-17-45-29(9-1)41-35-25(13-21-49-41)33-26-14-22-50-42(30-10-2-6-18-46-30)36(26)39(35)34-27-15-23-51-43(31-11-3-7-19-47-31)37(27)40(33)38-28(34)16-24-52-44(38)32-12-4-8-20-48-32/h1-24,33-34,39-40H. The largest absolute Gasteiger partial charge is 0.255 e. The second-order valence-corrected chi connectivity index (χ2v) is 13.4. The molecule has 0 aromatic carbocycles. The molecule has 0 saturated carbocycles. The lowest BCUT2D eigenvalue weighted by molar-refractivity contribution is 0.526. The van der Waals surface area contributed by atoms with Gasteiger partial charge in [0.1, 0.15) is 0 Å². The monoisotopic (exact) mass is 668 g/mol. The summed E-state index contributed by atoms with van der Waals surface area (Å²) in [4.78, 5) is 39.9. The first-order valence-electron chi connectivity index (χ1n) is 17.5. The quantitative estimate of drug-likeness (QED) is 0.184. The van der Waals surface area contributed by atoms with E-state index in [0.717, 1.165) is 45.6 Å². The van der Waals surface area contributed by atoms with Crippen molar-refractivity contribution in [3.05, 3.63) is 191 Å². The Morgan fingerprint density at radius 1 is 0.250 bits per heavy atom. The summed E-state index contributed by atoms with van der Waals surface area (Å²) in [5.74, 6) is -0.716. The van der Waals surface area contributed by atoms with E-state index in [1.807, 2.05) is 98.1 Å². The minimum Gasteiger partial charge on any atom is -0.255 e. The number of aromatic nitrogens is 8. The van der Waals surface area contributed by atoms with Crippen molar-refractivity contribution in [3.63, 3.8) is 0 Å². The van der Waals surface area contributed by atoms with Crippen LogP contribution in [0.3, 0.4) is 0 Å². The zero-order valence-electron chi connectivity index (χ0n) is 27.7. The molecule has 52 heavy (non-hydrogen) atoms. The maximum atomic E-state index is 5.11. The molecule has 4 bridgehead atoms. The Kier molecular flexibility index (Phi) is 6.33. The van der Waals surface area contributed by atoms with Crippen molar-refractivity contribution in [2.45, 2.75) is 23.7 Å². The predicted molar refractivity (Wildman–Crippen MR) is 197 cm³/mol. The molecule has 244 valence electrons. The van der Waals surface area contributed by atoms with Crippen LogP contribution in [0, 0.1) is 0 Å². The van der Waals surface area contributed by atoms with Gasteiger partial charge in [-0.15, -0.1) is 0 Å². The van der Waals surface area contributed by atoms with E-state index in [4.69, 9.17) is 39.9 Å². The number of hydrogen-bond donors (Lipinski definition) is 0. The number of hydrogen-bond acceptors (Lipinski definition) is 8. The second-order valence-electron chi connectivity index (χ2n) is 13.4. The summed E-state index contributed by atoms with van der Waals surface area (Å²) in [5, 5.41) is 0. The summed E-state index contributed by atoms with van der Waals surface area (Å²) in [6.07, 6.45) is 15.2. The first kappa shape index (κ1) is 29.0. The minimum atomic E-state index is -0.200. The summed E-state index contributed by atoms with van der Waals surface area (Å²) in [6.45, 7) is 0. The minimum absolute atomic E-state index is 0.158. The third-order valence-corrected chi connectivity index (χ3v) is 11.0. The van der Waals surface area contributed by atoms with Gasteiger partial charge in [0.25, 0.3) is 0 Å². The molecule has 0 spiro atoms. The summed E-state index contributed by atoms with van der Waals surface area (Å²) in [5.41, 5.74) is 16.6. The van der Waals surface area contributed by atoms with E-state index in [9.17, 15) is 0 Å². The van der Waals surface area contributed by atoms with Gasteiger partial charge in [-0.3, -0.25) is 39.9 Å². The van der Waals surface area contributed by atoms with Crippen molar-refractivity contribution in [1.82, 2.24) is 39.9 Å². The van der Waals surface area contributed by atoms with Gasteiger partial charge in [0.2, 0.25) is 0 Å². The van der Waals surface area contributed by atoms with Crippen molar-refractivity contribution in [2.24, 2.45) is 0 Å². The second kappa shape index (κ2) is 11.4. The lowest BCUT2D eigenvalue weighted by Gasteiger charge is -2.51. The van der Waals surface area contributed by atoms with Gasteiger partial charge >= 0.3 is 0 Å². The maximum Gasteiger partial charge on any atom is 0.0927 e. The Balaban J connectivity index is 1.32. The van der Waals surface area contributed by atoms with E-state index < -0.39 is 0 Å². The van der Waals surface area contributed by atoms with Gasteiger partial charge in [0.05, 0.1) is 45.6 Å². The topological polar surface area (TPSA) is 103 Å². The van der Waals surface area contributed by atoms with E-state index >= 15 is 0 Å². The van der Waals surface area contributed by atoms with E-state index in [1.165, 1.54) is 44.5 Å². The molecule has 8 heteroatoms. The van der Waals surface area contributed by atoms with Crippen LogP contribution in [-0.4, -0.2) is 39.9 Å². The van der Waals surface area contributed by atoms with Gasteiger partial charge < -0.3 is 0 Å². The fourth-order valence-electron chi connectivity index (χ4n) is 9.18. The normalized spacial score (nSPS) is 18.8. The predicted octanol–water partition coefficient (Wildman–Crippen LogP) is 8.38. The average Bonchev–Trinajstić information content (AvgIpc) is 3.21. The Bertz CT molecular complexity index is 2280. The molecular formula is C44H28N8. The van der Waals surface area contributed by atoms with Crippen molar-refractivity contribution in [3.8, 4) is 45.6 Å². The van der Waals surface area contributed by atoms with Crippen LogP contribution < -0.4 is 0 Å². The van der Waals surface area contributed by atoms with Gasteiger partial charge in [0, 0.05) is 73.2 Å². The van der Waals surface area contributed by atoms with Crippen molar-refractivity contribution >= 4 is 0 Å². The highest BCUT2D eigenvalue weighted by Crippen LogP contribution is 2.67. The molecule has 14 rings (SSSR count). The summed E-state index contributed by atoms with van der Waals surface area (Å²) in [7, 11) is 0. The fraction of sp³-hybridized carbons (Fsp3) is 0.0909. The van der Waals surface area contributed by atoms with Crippen LogP contribution in [0.2, 0.25) is 0 Å². The molecule has 0 N–H and O–H groups in total. The van der Waals surface area contributed by atoms with Gasteiger partial charge in [-0.1, -0.05) is 24.3 Å². The molecule has 6 aliphatic carbocycles. The average molecular weight is 669 g/mol. The summed E-state index contributed by atoms with van der Waals surface area (Å²) in [6, 6.07) is 33.1. The first-order valence-corrected chi connectivity index (χ1v) is 17.5. The molecule has 0 saturated heterocycles. The lowest BCUT2D eigenvalue weighted by Crippen LogP contribution is -2.38. The lowest BCUT2D eigenvalue weighted by atomic mass is 9.52. The highest BCUT2D eigenvalue weighted by Gasteiger charge is 2.53. The smallest absolute Gasteiger partial charge is 0.0927 e. The fourth-order valence-corrected chi connectivity index (χ4v) is 9.18. The molecule has 0 fully saturated rings. The molecule has 0 aliphatic heterocycles. The first-order chi connectivity index (χ1) is 25.9. The number of nitrogens with zero attached hydrogens (tertiary/aromatic N) is 8. The molecule has 0 unspecified atom stereocenters. The molecule has 8 heterocycles. The summed E-state index contributed by atoms with van der Waals surface area (Å²) >= 11 is 0. The highest BCUT2D eigenvalue weighted by atomic mass is 14.8. The molecular weight excluding hydrogens is 641 g/mol. The highest BCUT2D eigenvalue weighted by molar-refractivity contribution is 5.81. The van der Waals surface area contributed by atoms with Crippen molar-refractivity contribution in [1.29, 1.82) is 0 Å². The van der Waals surface area contributed by atoms with Gasteiger partial charge in [0.15, 0.2) is 0 Å². The Hall–Kier alpha value is -6.80. The Labute approximate surface area is 299 Å². The van der Waals surface area contributed by atoms with E-state index in [-0.39, 0.29) is 23.7 Å². The van der Waals surface area contributed by atoms with Crippen molar-refractivity contribution in [2.75, 3.05) is 0 Å². The SMILES string of the molecule is c1ccc(-c2nccc3c2C2c4c(ccnc4-c4ccccn4)C3C3c4c(ccnc4-c4ccccn4)C2c2ccnc(-c4ccccn4)c23)nc1. The van der Waals surface area contributed by atoms with Gasteiger partial charge in [-0.25, -0.2) is 0 Å².